The van der Waals surface area contributed by atoms with Crippen molar-refractivity contribution in [2.24, 2.45) is 0 Å². The summed E-state index contributed by atoms with van der Waals surface area (Å²) in [6.07, 6.45) is 0.0756. The van der Waals surface area contributed by atoms with Gasteiger partial charge in [0, 0.05) is 12.1 Å². The van der Waals surface area contributed by atoms with E-state index in [1.165, 1.54) is 0 Å². The zero-order valence-corrected chi connectivity index (χ0v) is 14.7. The van der Waals surface area contributed by atoms with Crippen molar-refractivity contribution in [2.45, 2.75) is 39.3 Å². The van der Waals surface area contributed by atoms with E-state index in [9.17, 15) is 5.11 Å². The molecule has 0 aliphatic carbocycles. The third kappa shape index (κ3) is 4.22. The van der Waals surface area contributed by atoms with Crippen molar-refractivity contribution in [3.63, 3.8) is 0 Å². The van der Waals surface area contributed by atoms with E-state index in [0.717, 1.165) is 17.0 Å². The molecule has 0 aliphatic rings. The zero-order chi connectivity index (χ0) is 17.8. The number of aromatic nitrogens is 4. The molecule has 2 heterocycles. The Morgan fingerprint density at radius 3 is 2.44 bits per heavy atom. The summed E-state index contributed by atoms with van der Waals surface area (Å²) in [5.41, 5.74) is 3.06. The molecule has 3 aromatic rings. The average molecular weight is 337 g/mol. The standard InChI is InChI=1S/C19H23N5O/c1-13-11-14(2)24(23-13)19-10-9-18(21-22-19)20-15(3)17(25)12-16-7-5-4-6-8-16/h4-11,15,17,25H,12H2,1-3H3,(H,20,21). The predicted octanol–water partition coefficient (Wildman–Crippen LogP) is 2.68. The van der Waals surface area contributed by atoms with Crippen molar-refractivity contribution >= 4 is 5.82 Å². The van der Waals surface area contributed by atoms with E-state index in [-0.39, 0.29) is 6.04 Å². The third-order valence-corrected chi connectivity index (χ3v) is 4.12. The molecule has 0 fully saturated rings. The van der Waals surface area contributed by atoms with E-state index in [0.29, 0.717) is 18.1 Å². The van der Waals surface area contributed by atoms with E-state index >= 15 is 0 Å². The highest BCUT2D eigenvalue weighted by Gasteiger charge is 2.15. The van der Waals surface area contributed by atoms with E-state index in [1.807, 2.05) is 69.3 Å². The topological polar surface area (TPSA) is 75.9 Å². The highest BCUT2D eigenvalue weighted by Crippen LogP contribution is 2.13. The second-order valence-electron chi connectivity index (χ2n) is 6.31. The molecule has 2 N–H and O–H groups in total. The average Bonchev–Trinajstić information content (AvgIpc) is 2.95. The number of aryl methyl sites for hydroxylation is 2. The number of anilines is 1. The summed E-state index contributed by atoms with van der Waals surface area (Å²) in [4.78, 5) is 0. The van der Waals surface area contributed by atoms with Crippen molar-refractivity contribution in [1.29, 1.82) is 0 Å². The van der Waals surface area contributed by atoms with Crippen molar-refractivity contribution < 1.29 is 5.11 Å². The Labute approximate surface area is 147 Å². The van der Waals surface area contributed by atoms with Gasteiger partial charge in [0.15, 0.2) is 5.82 Å². The van der Waals surface area contributed by atoms with Gasteiger partial charge in [0.1, 0.15) is 5.82 Å². The van der Waals surface area contributed by atoms with Gasteiger partial charge in [-0.25, -0.2) is 4.68 Å². The molecule has 130 valence electrons. The van der Waals surface area contributed by atoms with Crippen molar-refractivity contribution in [1.82, 2.24) is 20.0 Å². The van der Waals surface area contributed by atoms with Crippen LogP contribution in [-0.4, -0.2) is 37.2 Å². The van der Waals surface area contributed by atoms with E-state index in [1.54, 1.807) is 4.68 Å². The highest BCUT2D eigenvalue weighted by molar-refractivity contribution is 5.38. The lowest BCUT2D eigenvalue weighted by Gasteiger charge is -2.20. The fourth-order valence-corrected chi connectivity index (χ4v) is 2.74. The first-order valence-electron chi connectivity index (χ1n) is 8.39. The summed E-state index contributed by atoms with van der Waals surface area (Å²) in [6, 6.07) is 15.5. The van der Waals surface area contributed by atoms with Gasteiger partial charge in [-0.2, -0.15) is 5.10 Å². The number of aliphatic hydroxyl groups excluding tert-OH is 1. The van der Waals surface area contributed by atoms with Gasteiger partial charge in [0.25, 0.3) is 0 Å². The lowest BCUT2D eigenvalue weighted by molar-refractivity contribution is 0.158. The maximum Gasteiger partial charge on any atom is 0.176 e. The second-order valence-corrected chi connectivity index (χ2v) is 6.31. The number of nitrogens with one attached hydrogen (secondary N) is 1. The Kier molecular flexibility index (Phi) is 5.09. The molecule has 0 amide bonds. The monoisotopic (exact) mass is 337 g/mol. The van der Waals surface area contributed by atoms with Gasteiger partial charge >= 0.3 is 0 Å². The predicted molar refractivity (Wildman–Crippen MR) is 97.9 cm³/mol. The normalized spacial score (nSPS) is 13.4. The zero-order valence-electron chi connectivity index (χ0n) is 14.7. The van der Waals surface area contributed by atoms with Gasteiger partial charge in [0.05, 0.1) is 17.8 Å². The molecule has 0 bridgehead atoms. The number of hydrogen-bond acceptors (Lipinski definition) is 5. The summed E-state index contributed by atoms with van der Waals surface area (Å²) < 4.78 is 1.76. The third-order valence-electron chi connectivity index (χ3n) is 4.12. The van der Waals surface area contributed by atoms with Crippen molar-refractivity contribution in [3.8, 4) is 5.82 Å². The summed E-state index contributed by atoms with van der Waals surface area (Å²) in [7, 11) is 0. The van der Waals surface area contributed by atoms with Crippen LogP contribution < -0.4 is 5.32 Å². The first-order chi connectivity index (χ1) is 12.0. The number of rotatable bonds is 6. The van der Waals surface area contributed by atoms with Gasteiger partial charge in [0.2, 0.25) is 0 Å². The van der Waals surface area contributed by atoms with Crippen LogP contribution in [0.4, 0.5) is 5.82 Å². The molecule has 0 saturated heterocycles. The molecule has 2 aromatic heterocycles. The Morgan fingerprint density at radius 1 is 1.08 bits per heavy atom. The largest absolute Gasteiger partial charge is 0.391 e. The van der Waals surface area contributed by atoms with Gasteiger partial charge in [-0.3, -0.25) is 0 Å². The molecule has 2 atom stereocenters. The Morgan fingerprint density at radius 2 is 1.84 bits per heavy atom. The van der Waals surface area contributed by atoms with Gasteiger partial charge in [-0.15, -0.1) is 10.2 Å². The minimum absolute atomic E-state index is 0.144. The molecule has 25 heavy (non-hydrogen) atoms. The lowest BCUT2D eigenvalue weighted by Crippen LogP contribution is -2.32. The van der Waals surface area contributed by atoms with Gasteiger partial charge in [-0.1, -0.05) is 30.3 Å². The van der Waals surface area contributed by atoms with E-state index < -0.39 is 6.10 Å². The fraction of sp³-hybridized carbons (Fsp3) is 0.316. The molecule has 1 aromatic carbocycles. The Balaban J connectivity index is 1.63. The van der Waals surface area contributed by atoms with Crippen LogP contribution in [0.25, 0.3) is 5.82 Å². The van der Waals surface area contributed by atoms with E-state index in [2.05, 4.69) is 20.6 Å². The van der Waals surface area contributed by atoms with Crippen LogP contribution in [0.2, 0.25) is 0 Å². The van der Waals surface area contributed by atoms with Crippen molar-refractivity contribution in [3.05, 3.63) is 65.5 Å². The van der Waals surface area contributed by atoms with Crippen molar-refractivity contribution in [2.75, 3.05) is 5.32 Å². The molecular formula is C19H23N5O. The van der Waals surface area contributed by atoms with Crippen LogP contribution in [0.5, 0.6) is 0 Å². The van der Waals surface area contributed by atoms with Gasteiger partial charge in [-0.05, 0) is 44.5 Å². The second kappa shape index (κ2) is 7.44. The lowest BCUT2D eigenvalue weighted by atomic mass is 10.0. The number of benzene rings is 1. The van der Waals surface area contributed by atoms with Crippen LogP contribution in [0.1, 0.15) is 23.9 Å². The molecule has 2 unspecified atom stereocenters. The molecule has 0 saturated carbocycles. The van der Waals surface area contributed by atoms with E-state index in [4.69, 9.17) is 0 Å². The summed E-state index contributed by atoms with van der Waals surface area (Å²) in [6.45, 7) is 5.86. The minimum atomic E-state index is -0.514. The fourth-order valence-electron chi connectivity index (χ4n) is 2.74. The molecule has 0 radical (unpaired) electrons. The first-order valence-corrected chi connectivity index (χ1v) is 8.39. The molecule has 0 aliphatic heterocycles. The quantitative estimate of drug-likeness (QED) is 0.723. The van der Waals surface area contributed by atoms with Crippen LogP contribution in [-0.2, 0) is 6.42 Å². The SMILES string of the molecule is Cc1cc(C)n(-c2ccc(NC(C)C(O)Cc3ccccc3)nn2)n1. The van der Waals surface area contributed by atoms with Gasteiger partial charge < -0.3 is 10.4 Å². The minimum Gasteiger partial charge on any atom is -0.391 e. The summed E-state index contributed by atoms with van der Waals surface area (Å²) in [5, 5.41) is 26.4. The summed E-state index contributed by atoms with van der Waals surface area (Å²) in [5.74, 6) is 1.30. The molecule has 3 rings (SSSR count). The molecule has 6 heteroatoms. The highest BCUT2D eigenvalue weighted by atomic mass is 16.3. The molecule has 6 nitrogen and oxygen atoms in total. The van der Waals surface area contributed by atoms with Crippen LogP contribution in [0.3, 0.4) is 0 Å². The Hall–Kier alpha value is -2.73. The smallest absolute Gasteiger partial charge is 0.176 e. The number of hydrogen-bond donors (Lipinski definition) is 2. The maximum absolute atomic E-state index is 10.4. The van der Waals surface area contributed by atoms with Crippen LogP contribution in [0, 0.1) is 13.8 Å². The van der Waals surface area contributed by atoms with Crippen LogP contribution in [0.15, 0.2) is 48.5 Å². The first kappa shape index (κ1) is 17.1. The molecule has 0 spiro atoms. The number of aliphatic hydroxyl groups is 1. The summed E-state index contributed by atoms with van der Waals surface area (Å²) >= 11 is 0. The Bertz CT molecular complexity index is 814. The number of nitrogens with zero attached hydrogens (tertiary/aromatic N) is 4. The van der Waals surface area contributed by atoms with Crippen LogP contribution >= 0.6 is 0 Å². The maximum atomic E-state index is 10.4. The molecular weight excluding hydrogens is 314 g/mol.